The van der Waals surface area contributed by atoms with Crippen molar-refractivity contribution in [1.29, 1.82) is 0 Å². The van der Waals surface area contributed by atoms with Crippen LogP contribution in [-0.2, 0) is 6.54 Å². The number of rotatable bonds is 6. The van der Waals surface area contributed by atoms with Gasteiger partial charge in [0.15, 0.2) is 0 Å². The molecule has 3 nitrogen and oxygen atoms in total. The van der Waals surface area contributed by atoms with Gasteiger partial charge in [-0.1, -0.05) is 11.6 Å². The molecule has 0 heterocycles. The molecule has 0 aliphatic heterocycles. The van der Waals surface area contributed by atoms with E-state index in [1.807, 2.05) is 32.0 Å². The molecule has 0 saturated heterocycles. The van der Waals surface area contributed by atoms with Gasteiger partial charge in [-0.2, -0.15) is 0 Å². The quantitative estimate of drug-likeness (QED) is 0.838. The van der Waals surface area contributed by atoms with Crippen molar-refractivity contribution in [3.05, 3.63) is 28.8 Å². The summed E-state index contributed by atoms with van der Waals surface area (Å²) < 4.78 is 0. The Balaban J connectivity index is 3.04. The lowest BCUT2D eigenvalue weighted by Crippen LogP contribution is -2.40. The van der Waals surface area contributed by atoms with Crippen molar-refractivity contribution in [3.63, 3.8) is 0 Å². The SMILES string of the molecule is CCN(CC(C)(C)O)c1ccc(Cl)cc1CNC(C)(C)C. The molecule has 0 fully saturated rings. The van der Waals surface area contributed by atoms with Gasteiger partial charge in [0.25, 0.3) is 0 Å². The van der Waals surface area contributed by atoms with Crippen LogP contribution in [0.3, 0.4) is 0 Å². The molecule has 120 valence electrons. The number of hydrogen-bond acceptors (Lipinski definition) is 3. The average molecular weight is 313 g/mol. The summed E-state index contributed by atoms with van der Waals surface area (Å²) in [7, 11) is 0. The minimum Gasteiger partial charge on any atom is -0.389 e. The standard InChI is InChI=1S/C17H29ClN2O/c1-7-20(12-17(5,6)21)15-9-8-14(18)10-13(15)11-19-16(2,3)4/h8-10,19,21H,7,11-12H2,1-6H3. The minimum absolute atomic E-state index is 0.0485. The zero-order chi connectivity index (χ0) is 16.3. The van der Waals surface area contributed by atoms with Crippen LogP contribution in [0.15, 0.2) is 18.2 Å². The summed E-state index contributed by atoms with van der Waals surface area (Å²) in [5, 5.41) is 14.3. The molecule has 0 aromatic heterocycles. The highest BCUT2D eigenvalue weighted by molar-refractivity contribution is 6.30. The molecule has 0 bridgehead atoms. The first kappa shape index (κ1) is 18.3. The second kappa shape index (κ2) is 6.99. The van der Waals surface area contributed by atoms with Gasteiger partial charge >= 0.3 is 0 Å². The third kappa shape index (κ3) is 6.68. The molecule has 1 aromatic carbocycles. The molecule has 2 N–H and O–H groups in total. The van der Waals surface area contributed by atoms with Crippen molar-refractivity contribution in [2.24, 2.45) is 0 Å². The summed E-state index contributed by atoms with van der Waals surface area (Å²) >= 11 is 6.15. The van der Waals surface area contributed by atoms with E-state index in [0.717, 1.165) is 29.4 Å². The number of halogens is 1. The van der Waals surface area contributed by atoms with E-state index in [-0.39, 0.29) is 5.54 Å². The van der Waals surface area contributed by atoms with Crippen LogP contribution in [0.5, 0.6) is 0 Å². The fraction of sp³-hybridized carbons (Fsp3) is 0.647. The largest absolute Gasteiger partial charge is 0.389 e. The first-order valence-electron chi connectivity index (χ1n) is 7.52. The number of nitrogens with one attached hydrogen (secondary N) is 1. The van der Waals surface area contributed by atoms with Gasteiger partial charge < -0.3 is 15.3 Å². The zero-order valence-corrected chi connectivity index (χ0v) is 14.9. The number of anilines is 1. The number of hydrogen-bond donors (Lipinski definition) is 2. The Labute approximate surface area is 134 Å². The molecule has 1 aromatic rings. The van der Waals surface area contributed by atoms with Crippen LogP contribution < -0.4 is 10.2 Å². The Kier molecular flexibility index (Phi) is 6.09. The minimum atomic E-state index is -0.732. The van der Waals surface area contributed by atoms with Crippen molar-refractivity contribution in [2.75, 3.05) is 18.0 Å². The molecule has 0 radical (unpaired) electrons. The predicted octanol–water partition coefficient (Wildman–Crippen LogP) is 3.83. The van der Waals surface area contributed by atoms with Crippen LogP contribution in [0.2, 0.25) is 5.02 Å². The first-order chi connectivity index (χ1) is 9.52. The molecule has 0 unspecified atom stereocenters. The normalized spacial score (nSPS) is 12.6. The van der Waals surface area contributed by atoms with Crippen molar-refractivity contribution in [3.8, 4) is 0 Å². The van der Waals surface area contributed by atoms with E-state index < -0.39 is 5.60 Å². The Morgan fingerprint density at radius 1 is 1.19 bits per heavy atom. The number of likely N-dealkylation sites (N-methyl/N-ethyl adjacent to an activating group) is 1. The summed E-state index contributed by atoms with van der Waals surface area (Å²) in [5.74, 6) is 0. The molecule has 0 spiro atoms. The number of nitrogens with zero attached hydrogens (tertiary/aromatic N) is 1. The Hall–Kier alpha value is -0.770. The van der Waals surface area contributed by atoms with Crippen LogP contribution >= 0.6 is 11.6 Å². The van der Waals surface area contributed by atoms with Gasteiger partial charge in [-0.25, -0.2) is 0 Å². The highest BCUT2D eigenvalue weighted by Crippen LogP contribution is 2.26. The highest BCUT2D eigenvalue weighted by atomic mass is 35.5. The average Bonchev–Trinajstić information content (AvgIpc) is 2.32. The molecule has 0 aliphatic rings. The third-order valence-electron chi connectivity index (χ3n) is 3.15. The van der Waals surface area contributed by atoms with Gasteiger partial charge in [0.2, 0.25) is 0 Å². The fourth-order valence-corrected chi connectivity index (χ4v) is 2.39. The van der Waals surface area contributed by atoms with Crippen molar-refractivity contribution in [1.82, 2.24) is 5.32 Å². The van der Waals surface area contributed by atoms with E-state index in [1.165, 1.54) is 0 Å². The van der Waals surface area contributed by atoms with Crippen molar-refractivity contribution >= 4 is 17.3 Å². The number of benzene rings is 1. The second-order valence-corrected chi connectivity index (χ2v) is 7.64. The lowest BCUT2D eigenvalue weighted by Gasteiger charge is -2.32. The Morgan fingerprint density at radius 3 is 2.29 bits per heavy atom. The predicted molar refractivity (Wildman–Crippen MR) is 92.2 cm³/mol. The van der Waals surface area contributed by atoms with Gasteiger partial charge in [0.1, 0.15) is 0 Å². The van der Waals surface area contributed by atoms with E-state index in [1.54, 1.807) is 0 Å². The van der Waals surface area contributed by atoms with Crippen LogP contribution in [0.25, 0.3) is 0 Å². The Bertz CT molecular complexity index is 461. The molecular weight excluding hydrogens is 284 g/mol. The van der Waals surface area contributed by atoms with E-state index in [9.17, 15) is 5.11 Å². The first-order valence-corrected chi connectivity index (χ1v) is 7.90. The zero-order valence-electron chi connectivity index (χ0n) is 14.1. The van der Waals surface area contributed by atoms with Gasteiger partial charge in [-0.3, -0.25) is 0 Å². The van der Waals surface area contributed by atoms with E-state index in [0.29, 0.717) is 6.54 Å². The van der Waals surface area contributed by atoms with Crippen molar-refractivity contribution < 1.29 is 5.11 Å². The summed E-state index contributed by atoms with van der Waals surface area (Å²) in [6, 6.07) is 5.95. The Morgan fingerprint density at radius 2 is 1.81 bits per heavy atom. The van der Waals surface area contributed by atoms with Crippen LogP contribution in [-0.4, -0.2) is 29.3 Å². The second-order valence-electron chi connectivity index (χ2n) is 7.20. The summed E-state index contributed by atoms with van der Waals surface area (Å²) in [5.41, 5.74) is 1.60. The molecule has 1 rings (SSSR count). The summed E-state index contributed by atoms with van der Waals surface area (Å²) in [6.07, 6.45) is 0. The van der Waals surface area contributed by atoms with Crippen LogP contribution in [0.4, 0.5) is 5.69 Å². The molecule has 0 aliphatic carbocycles. The maximum Gasteiger partial charge on any atom is 0.0765 e. The van der Waals surface area contributed by atoms with E-state index in [4.69, 9.17) is 11.6 Å². The van der Waals surface area contributed by atoms with Crippen LogP contribution in [0, 0.1) is 0 Å². The van der Waals surface area contributed by atoms with Gasteiger partial charge in [0, 0.05) is 35.9 Å². The molecule has 4 heteroatoms. The third-order valence-corrected chi connectivity index (χ3v) is 3.39. The lowest BCUT2D eigenvalue weighted by atomic mass is 10.1. The number of aliphatic hydroxyl groups is 1. The van der Waals surface area contributed by atoms with E-state index >= 15 is 0 Å². The maximum absolute atomic E-state index is 10.1. The lowest BCUT2D eigenvalue weighted by molar-refractivity contribution is 0.0875. The fourth-order valence-electron chi connectivity index (χ4n) is 2.20. The molecule has 0 saturated carbocycles. The van der Waals surface area contributed by atoms with Gasteiger partial charge in [-0.05, 0) is 65.3 Å². The maximum atomic E-state index is 10.1. The molecular formula is C17H29ClN2O. The van der Waals surface area contributed by atoms with Crippen LogP contribution in [0.1, 0.15) is 47.1 Å². The van der Waals surface area contributed by atoms with E-state index in [2.05, 4.69) is 37.9 Å². The smallest absolute Gasteiger partial charge is 0.0765 e. The monoisotopic (exact) mass is 312 g/mol. The van der Waals surface area contributed by atoms with Gasteiger partial charge in [-0.15, -0.1) is 0 Å². The summed E-state index contributed by atoms with van der Waals surface area (Å²) in [4.78, 5) is 2.19. The topological polar surface area (TPSA) is 35.5 Å². The molecule has 21 heavy (non-hydrogen) atoms. The highest BCUT2D eigenvalue weighted by Gasteiger charge is 2.20. The molecule has 0 atom stereocenters. The molecule has 0 amide bonds. The van der Waals surface area contributed by atoms with Crippen molar-refractivity contribution in [2.45, 2.75) is 59.2 Å². The summed E-state index contributed by atoms with van der Waals surface area (Å²) in [6.45, 7) is 14.4. The van der Waals surface area contributed by atoms with Gasteiger partial charge in [0.05, 0.1) is 5.60 Å².